The van der Waals surface area contributed by atoms with Gasteiger partial charge >= 0.3 is 39.5 Å². The van der Waals surface area contributed by atoms with Gasteiger partial charge in [-0.2, -0.15) is 0 Å². The van der Waals surface area contributed by atoms with E-state index in [0.717, 1.165) is 121 Å². The average Bonchev–Trinajstić information content (AvgIpc) is 2.34. The van der Waals surface area contributed by atoms with Crippen molar-refractivity contribution in [2.24, 2.45) is 17.8 Å². The van der Waals surface area contributed by atoms with Crippen molar-refractivity contribution >= 4 is 39.5 Å². The number of hydrogen-bond donors (Lipinski definition) is 3. The lowest BCUT2D eigenvalue weighted by Crippen LogP contribution is -2.30. The van der Waals surface area contributed by atoms with Gasteiger partial charge in [-0.25, -0.2) is 9.13 Å². The van der Waals surface area contributed by atoms with Crippen molar-refractivity contribution in [3.63, 3.8) is 0 Å². The fourth-order valence-corrected chi connectivity index (χ4v) is 13.1. The molecule has 0 aromatic heterocycles. The molecule has 0 heterocycles. The van der Waals surface area contributed by atoms with Crippen LogP contribution in [0.4, 0.5) is 0 Å². The number of aliphatic hydroxyl groups is 1. The molecule has 7 atom stereocenters. The van der Waals surface area contributed by atoms with Crippen molar-refractivity contribution in [1.82, 2.24) is 0 Å². The number of esters is 4. The lowest BCUT2D eigenvalue weighted by Gasteiger charge is -2.21. The molecule has 19 heteroatoms. The van der Waals surface area contributed by atoms with E-state index in [-0.39, 0.29) is 25.7 Å². The van der Waals surface area contributed by atoms with Crippen LogP contribution in [0.3, 0.4) is 0 Å². The molecule has 0 bridgehead atoms. The van der Waals surface area contributed by atoms with E-state index in [1.165, 1.54) is 173 Å². The number of phosphoric ester groups is 2. The summed E-state index contributed by atoms with van der Waals surface area (Å²) in [4.78, 5) is 72.8. The Labute approximate surface area is 599 Å². The summed E-state index contributed by atoms with van der Waals surface area (Å²) in [6.07, 6.45) is 59.3. The Balaban J connectivity index is 5.19. The first kappa shape index (κ1) is 95.5. The molecule has 17 nitrogen and oxygen atoms in total. The highest BCUT2D eigenvalue weighted by molar-refractivity contribution is 7.47. The summed E-state index contributed by atoms with van der Waals surface area (Å²) in [7, 11) is -9.93. The van der Waals surface area contributed by atoms with E-state index in [9.17, 15) is 43.2 Å². The van der Waals surface area contributed by atoms with Crippen molar-refractivity contribution in [1.29, 1.82) is 0 Å². The number of unbranched alkanes of at least 4 members (excludes halogenated alkanes) is 38. The van der Waals surface area contributed by atoms with Crippen LogP contribution in [0.2, 0.25) is 0 Å². The number of ether oxygens (including phenoxy) is 4. The second-order valence-corrected chi connectivity index (χ2v) is 31.6. The van der Waals surface area contributed by atoms with Crippen LogP contribution in [0, 0.1) is 17.8 Å². The van der Waals surface area contributed by atoms with E-state index < -0.39 is 97.5 Å². The topological polar surface area (TPSA) is 237 Å². The Morgan fingerprint density at radius 1 is 0.337 bits per heavy atom. The molecule has 0 aliphatic carbocycles. The second kappa shape index (κ2) is 68.9. The lowest BCUT2D eigenvalue weighted by atomic mass is 9.99. The van der Waals surface area contributed by atoms with Gasteiger partial charge < -0.3 is 33.8 Å². The highest BCUT2D eigenvalue weighted by atomic mass is 31.2. The SMILES string of the molecule is CCCCCC/C=C\C=C/CCCCCCCC(=O)O[C@H](COC(=O)CCCCCCCCC(C)C)COP(=O)(O)OC[C@H](O)COP(=O)(O)OC[C@@H](COC(=O)CCCCCCCCCCCCCCCCCCCCC(C)CC)OC(=O)CCCCCCCCCCC(C)CC. The molecule has 0 aliphatic heterocycles. The van der Waals surface area contributed by atoms with E-state index in [4.69, 9.17) is 37.0 Å². The molecule has 3 N–H and O–H groups in total. The van der Waals surface area contributed by atoms with Gasteiger partial charge in [-0.1, -0.05) is 330 Å². The molecule has 0 radical (unpaired) electrons. The van der Waals surface area contributed by atoms with Gasteiger partial charge in [-0.3, -0.25) is 37.3 Å². The predicted octanol–water partition coefficient (Wildman–Crippen LogP) is 22.9. The van der Waals surface area contributed by atoms with Crippen LogP contribution in [0.25, 0.3) is 0 Å². The van der Waals surface area contributed by atoms with Crippen LogP contribution in [-0.4, -0.2) is 96.7 Å². The Bertz CT molecular complexity index is 2000. The molecule has 98 heavy (non-hydrogen) atoms. The number of hydrogen-bond acceptors (Lipinski definition) is 15. The molecule has 0 aliphatic rings. The molecule has 0 saturated heterocycles. The lowest BCUT2D eigenvalue weighted by molar-refractivity contribution is -0.161. The van der Waals surface area contributed by atoms with Crippen LogP contribution in [0.1, 0.15) is 382 Å². The van der Waals surface area contributed by atoms with E-state index in [1.54, 1.807) is 0 Å². The minimum absolute atomic E-state index is 0.0837. The quantitative estimate of drug-likeness (QED) is 0.0169. The number of phosphoric acid groups is 2. The maximum absolute atomic E-state index is 13.1. The first-order chi connectivity index (χ1) is 47.3. The average molecular weight is 1430 g/mol. The van der Waals surface area contributed by atoms with E-state index in [0.29, 0.717) is 31.6 Å². The summed E-state index contributed by atoms with van der Waals surface area (Å²) in [5, 5.41) is 10.6. The van der Waals surface area contributed by atoms with Crippen molar-refractivity contribution in [2.45, 2.75) is 401 Å². The van der Waals surface area contributed by atoms with Crippen LogP contribution >= 0.6 is 15.6 Å². The predicted molar refractivity (Wildman–Crippen MR) is 400 cm³/mol. The first-order valence-corrected chi connectivity index (χ1v) is 43.2. The number of aliphatic hydroxyl groups excluding tert-OH is 1. The molecule has 0 saturated carbocycles. The molecule has 0 spiro atoms. The summed E-state index contributed by atoms with van der Waals surface area (Å²) in [5.74, 6) is 0.167. The third kappa shape index (κ3) is 69.3. The monoisotopic (exact) mass is 1430 g/mol. The summed E-state index contributed by atoms with van der Waals surface area (Å²) >= 11 is 0. The number of allylic oxidation sites excluding steroid dienone is 4. The molecule has 0 aromatic carbocycles. The third-order valence-electron chi connectivity index (χ3n) is 18.5. The zero-order valence-electron chi connectivity index (χ0n) is 63.7. The van der Waals surface area contributed by atoms with Crippen molar-refractivity contribution < 1.29 is 80.2 Å². The fraction of sp³-hybridized carbons (Fsp3) is 0.899. The molecule has 0 fully saturated rings. The maximum atomic E-state index is 13.1. The minimum Gasteiger partial charge on any atom is -0.462 e. The van der Waals surface area contributed by atoms with Crippen molar-refractivity contribution in [3.05, 3.63) is 24.3 Å². The normalized spacial score (nSPS) is 14.7. The molecule has 0 aromatic rings. The Hall–Kier alpha value is -2.46. The summed E-state index contributed by atoms with van der Waals surface area (Å²) in [5.41, 5.74) is 0. The van der Waals surface area contributed by atoms with Crippen LogP contribution in [-0.2, 0) is 65.4 Å². The summed E-state index contributed by atoms with van der Waals surface area (Å²) < 4.78 is 68.5. The standard InChI is InChI=1S/C79H150O17P2/c1-8-11-12-13-14-15-16-17-22-27-30-33-39-48-55-62-78(83)95-75(67-90-77(82)61-54-47-42-41-43-50-57-70(4)5)69-94-98(87,88)92-65-73(80)64-91-97(85,86)93-68-74(96-79(84)63-56-49-40-35-34-37-45-52-59-72(7)10-3)66-89-76(81)60-53-46-38-32-29-26-24-21-19-18-20-23-25-28-31-36-44-51-58-71(6)9-2/h15-17,22,70-75,80H,8-14,18-21,23-69H2,1-7H3,(H,85,86)(H,87,88)/b16-15-,22-17-/t71?,72?,73-,74-,75-/m1/s1. The second-order valence-electron chi connectivity index (χ2n) is 28.7. The molecule has 578 valence electrons. The fourth-order valence-electron chi connectivity index (χ4n) is 11.5. The number of carbonyl (C=O) groups excluding carboxylic acids is 4. The van der Waals surface area contributed by atoms with Gasteiger partial charge in [0.05, 0.1) is 26.4 Å². The smallest absolute Gasteiger partial charge is 0.462 e. The van der Waals surface area contributed by atoms with Crippen LogP contribution in [0.15, 0.2) is 24.3 Å². The molecular formula is C79H150O17P2. The first-order valence-electron chi connectivity index (χ1n) is 40.2. The van der Waals surface area contributed by atoms with E-state index in [1.807, 2.05) is 0 Å². The summed E-state index contributed by atoms with van der Waals surface area (Å²) in [6, 6.07) is 0. The zero-order chi connectivity index (χ0) is 72.3. The van der Waals surface area contributed by atoms with Crippen molar-refractivity contribution in [3.8, 4) is 0 Å². The van der Waals surface area contributed by atoms with E-state index in [2.05, 4.69) is 72.8 Å². The van der Waals surface area contributed by atoms with Gasteiger partial charge in [0.15, 0.2) is 12.2 Å². The highest BCUT2D eigenvalue weighted by Crippen LogP contribution is 2.45. The van der Waals surface area contributed by atoms with Gasteiger partial charge in [0.1, 0.15) is 19.3 Å². The largest absolute Gasteiger partial charge is 0.472 e. The zero-order valence-corrected chi connectivity index (χ0v) is 65.5. The molecule has 4 unspecified atom stereocenters. The van der Waals surface area contributed by atoms with Gasteiger partial charge in [0.2, 0.25) is 0 Å². The van der Waals surface area contributed by atoms with Crippen molar-refractivity contribution in [2.75, 3.05) is 39.6 Å². The highest BCUT2D eigenvalue weighted by Gasteiger charge is 2.30. The van der Waals surface area contributed by atoms with Crippen LogP contribution < -0.4 is 0 Å². The summed E-state index contributed by atoms with van der Waals surface area (Å²) in [6.45, 7) is 11.8. The Kier molecular flexibility index (Phi) is 67.2. The molecule has 0 rings (SSSR count). The maximum Gasteiger partial charge on any atom is 0.472 e. The van der Waals surface area contributed by atoms with Gasteiger partial charge in [0.25, 0.3) is 0 Å². The third-order valence-corrected chi connectivity index (χ3v) is 20.4. The van der Waals surface area contributed by atoms with Gasteiger partial charge in [-0.15, -0.1) is 0 Å². The van der Waals surface area contributed by atoms with Gasteiger partial charge in [0, 0.05) is 25.7 Å². The minimum atomic E-state index is -4.96. The number of carbonyl (C=O) groups is 4. The molecule has 0 amide bonds. The Morgan fingerprint density at radius 2 is 0.602 bits per heavy atom. The van der Waals surface area contributed by atoms with Gasteiger partial charge in [-0.05, 0) is 69.1 Å². The van der Waals surface area contributed by atoms with E-state index >= 15 is 0 Å². The number of rotatable bonds is 75. The Morgan fingerprint density at radius 3 is 0.908 bits per heavy atom. The van der Waals surface area contributed by atoms with Crippen LogP contribution in [0.5, 0.6) is 0 Å². The molecular weight excluding hydrogens is 1280 g/mol.